The molecular formula is C21H20BrClN2O5S. The van der Waals surface area contributed by atoms with Crippen LogP contribution in [0.3, 0.4) is 0 Å². The Kier molecular flexibility index (Phi) is 7.74. The van der Waals surface area contributed by atoms with Crippen LogP contribution in [0, 0.1) is 6.92 Å². The van der Waals surface area contributed by atoms with Crippen molar-refractivity contribution in [3.8, 4) is 11.5 Å². The summed E-state index contributed by atoms with van der Waals surface area (Å²) in [6.07, 6.45) is 1.74. The zero-order valence-corrected chi connectivity index (χ0v) is 19.9. The van der Waals surface area contributed by atoms with Crippen molar-refractivity contribution in [2.75, 3.05) is 18.5 Å². The van der Waals surface area contributed by atoms with Crippen molar-refractivity contribution in [2.45, 2.75) is 19.3 Å². The molecule has 0 radical (unpaired) electrons. The predicted molar refractivity (Wildman–Crippen MR) is 126 cm³/mol. The fourth-order valence-electron chi connectivity index (χ4n) is 2.86. The fourth-order valence-corrected chi connectivity index (χ4v) is 4.63. The molecule has 0 saturated carbocycles. The first-order valence-corrected chi connectivity index (χ1v) is 11.3. The van der Waals surface area contributed by atoms with Crippen LogP contribution in [0.5, 0.6) is 11.5 Å². The van der Waals surface area contributed by atoms with Crippen LogP contribution in [0.1, 0.15) is 18.1 Å². The van der Waals surface area contributed by atoms with E-state index in [1.165, 1.54) is 11.8 Å². The number of rotatable bonds is 8. The highest BCUT2D eigenvalue weighted by Gasteiger charge is 2.27. The Morgan fingerprint density at radius 3 is 2.81 bits per heavy atom. The molecule has 0 bridgehead atoms. The van der Waals surface area contributed by atoms with Crippen LogP contribution < -0.4 is 20.1 Å². The summed E-state index contributed by atoms with van der Waals surface area (Å²) in [6, 6.07) is 8.95. The number of thioether (sulfide) groups is 1. The molecule has 3 rings (SSSR count). The van der Waals surface area contributed by atoms with E-state index in [2.05, 4.69) is 26.6 Å². The number of nitrogens with one attached hydrogen (secondary N) is 2. The van der Waals surface area contributed by atoms with E-state index in [4.69, 9.17) is 26.2 Å². The van der Waals surface area contributed by atoms with E-state index in [0.717, 1.165) is 11.3 Å². The predicted octanol–water partition coefficient (Wildman–Crippen LogP) is 4.87. The Bertz CT molecular complexity index is 1050. The van der Waals surface area contributed by atoms with Crippen LogP contribution in [0.4, 0.5) is 5.69 Å². The molecule has 7 nitrogen and oxygen atoms in total. The Morgan fingerprint density at radius 1 is 1.35 bits per heavy atom. The minimum absolute atomic E-state index is 0.200. The summed E-state index contributed by atoms with van der Waals surface area (Å²) in [5.74, 6) is -0.601. The lowest BCUT2D eigenvalue weighted by atomic mass is 10.2. The zero-order chi connectivity index (χ0) is 22.5. The smallest absolute Gasteiger partial charge is 0.341 e. The Hall–Kier alpha value is -2.36. The molecule has 0 aliphatic carbocycles. The molecule has 1 fully saturated rings. The zero-order valence-electron chi connectivity index (χ0n) is 16.7. The van der Waals surface area contributed by atoms with Crippen molar-refractivity contribution in [2.24, 2.45) is 0 Å². The van der Waals surface area contributed by atoms with Gasteiger partial charge in [-0.25, -0.2) is 4.79 Å². The number of ether oxygens (including phenoxy) is 2. The average molecular weight is 528 g/mol. The van der Waals surface area contributed by atoms with Gasteiger partial charge in [-0.15, -0.1) is 0 Å². The normalized spacial score (nSPS) is 16.8. The summed E-state index contributed by atoms with van der Waals surface area (Å²) in [5, 5.41) is 15.7. The topological polar surface area (TPSA) is 96.9 Å². The molecule has 164 valence electrons. The second-order valence-corrected chi connectivity index (χ2v) is 8.97. The van der Waals surface area contributed by atoms with E-state index in [1.807, 2.05) is 26.0 Å². The molecule has 1 aliphatic heterocycles. The number of benzene rings is 2. The molecule has 1 aliphatic rings. The summed E-state index contributed by atoms with van der Waals surface area (Å²) in [4.78, 5) is 23.8. The number of anilines is 1. The molecule has 1 heterocycles. The monoisotopic (exact) mass is 526 g/mol. The van der Waals surface area contributed by atoms with Crippen LogP contribution in [0.25, 0.3) is 6.08 Å². The standard InChI is InChI=1S/C21H20BrClN2O5S/c1-3-29-16-8-12(7-14(22)19(16)30-10-18(26)27)9-17-20(28)25-21(31-17)24-15-5-4-13(23)6-11(15)2/h4-9,21,24H,3,10H2,1-2H3,(H,25,28)(H,26,27)/b17-9-. The van der Waals surface area contributed by atoms with Crippen LogP contribution in [-0.2, 0) is 9.59 Å². The number of hydrogen-bond donors (Lipinski definition) is 3. The molecule has 3 N–H and O–H groups in total. The van der Waals surface area contributed by atoms with E-state index in [-0.39, 0.29) is 11.4 Å². The number of carbonyl (C=O) groups excluding carboxylic acids is 1. The third-order valence-corrected chi connectivity index (χ3v) is 6.03. The van der Waals surface area contributed by atoms with Gasteiger partial charge in [-0.05, 0) is 77.3 Å². The van der Waals surface area contributed by atoms with E-state index in [9.17, 15) is 9.59 Å². The Morgan fingerprint density at radius 2 is 2.13 bits per heavy atom. The molecule has 1 amide bonds. The lowest BCUT2D eigenvalue weighted by molar-refractivity contribution is -0.139. The van der Waals surface area contributed by atoms with Gasteiger partial charge < -0.3 is 25.2 Å². The summed E-state index contributed by atoms with van der Waals surface area (Å²) in [7, 11) is 0. The summed E-state index contributed by atoms with van der Waals surface area (Å²) < 4.78 is 11.5. The number of carboxylic acid groups (broad SMARTS) is 1. The van der Waals surface area contributed by atoms with Crippen molar-refractivity contribution >= 4 is 62.9 Å². The van der Waals surface area contributed by atoms with Gasteiger partial charge in [-0.1, -0.05) is 23.4 Å². The van der Waals surface area contributed by atoms with Gasteiger partial charge in [0.05, 0.1) is 16.0 Å². The van der Waals surface area contributed by atoms with Gasteiger partial charge in [0, 0.05) is 10.7 Å². The maximum Gasteiger partial charge on any atom is 0.341 e. The van der Waals surface area contributed by atoms with Crippen LogP contribution in [-0.4, -0.2) is 35.7 Å². The molecular weight excluding hydrogens is 508 g/mol. The van der Waals surface area contributed by atoms with Gasteiger partial charge in [0.2, 0.25) is 0 Å². The molecule has 0 aromatic heterocycles. The van der Waals surface area contributed by atoms with Crippen LogP contribution in [0.2, 0.25) is 5.02 Å². The number of aliphatic carboxylic acids is 1. The molecule has 1 unspecified atom stereocenters. The van der Waals surface area contributed by atoms with E-state index in [0.29, 0.717) is 38.1 Å². The first kappa shape index (κ1) is 23.3. The lowest BCUT2D eigenvalue weighted by Gasteiger charge is -2.15. The highest BCUT2D eigenvalue weighted by Crippen LogP contribution is 2.39. The largest absolute Gasteiger partial charge is 0.490 e. The first-order valence-electron chi connectivity index (χ1n) is 9.29. The van der Waals surface area contributed by atoms with Crippen molar-refractivity contribution < 1.29 is 24.2 Å². The summed E-state index contributed by atoms with van der Waals surface area (Å²) >= 11 is 10.8. The molecule has 2 aromatic carbocycles. The SMILES string of the molecule is CCOc1cc(/C=C2\SC(Nc3ccc(Cl)cc3C)NC2=O)cc(Br)c1OCC(=O)O. The van der Waals surface area contributed by atoms with Crippen molar-refractivity contribution in [3.63, 3.8) is 0 Å². The quantitative estimate of drug-likeness (QED) is 0.421. The van der Waals surface area contributed by atoms with Crippen molar-refractivity contribution in [1.29, 1.82) is 0 Å². The molecule has 1 atom stereocenters. The second kappa shape index (κ2) is 10.3. The molecule has 10 heteroatoms. The van der Waals surface area contributed by atoms with Crippen molar-refractivity contribution in [1.82, 2.24) is 5.32 Å². The maximum atomic E-state index is 12.5. The van der Waals surface area contributed by atoms with Crippen LogP contribution >= 0.6 is 39.3 Å². The summed E-state index contributed by atoms with van der Waals surface area (Å²) in [5.41, 5.74) is 2.23. The average Bonchev–Trinajstić information content (AvgIpc) is 3.02. The Balaban J connectivity index is 1.80. The number of carboxylic acids is 1. The van der Waals surface area contributed by atoms with E-state index in [1.54, 1.807) is 24.3 Å². The second-order valence-electron chi connectivity index (χ2n) is 6.53. The van der Waals surface area contributed by atoms with Gasteiger partial charge in [-0.3, -0.25) is 4.79 Å². The first-order chi connectivity index (χ1) is 14.8. The highest BCUT2D eigenvalue weighted by molar-refractivity contribution is 9.10. The number of hydrogen-bond acceptors (Lipinski definition) is 6. The highest BCUT2D eigenvalue weighted by atomic mass is 79.9. The van der Waals surface area contributed by atoms with E-state index < -0.39 is 12.6 Å². The third kappa shape index (κ3) is 6.09. The van der Waals surface area contributed by atoms with Gasteiger partial charge in [0.1, 0.15) is 0 Å². The van der Waals surface area contributed by atoms with Crippen molar-refractivity contribution in [3.05, 3.63) is 55.9 Å². The molecule has 1 saturated heterocycles. The number of amides is 1. The number of halogens is 2. The van der Waals surface area contributed by atoms with Gasteiger partial charge >= 0.3 is 5.97 Å². The van der Waals surface area contributed by atoms with E-state index >= 15 is 0 Å². The van der Waals surface area contributed by atoms with Crippen LogP contribution in [0.15, 0.2) is 39.7 Å². The van der Waals surface area contributed by atoms with Gasteiger partial charge in [0.15, 0.2) is 23.6 Å². The maximum absolute atomic E-state index is 12.5. The van der Waals surface area contributed by atoms with Gasteiger partial charge in [-0.2, -0.15) is 0 Å². The lowest BCUT2D eigenvalue weighted by Crippen LogP contribution is -2.31. The van der Waals surface area contributed by atoms with Gasteiger partial charge in [0.25, 0.3) is 5.91 Å². The third-order valence-electron chi connectivity index (χ3n) is 4.18. The summed E-state index contributed by atoms with van der Waals surface area (Å²) in [6.45, 7) is 3.63. The molecule has 0 spiro atoms. The molecule has 2 aromatic rings. The minimum Gasteiger partial charge on any atom is -0.490 e. The minimum atomic E-state index is -1.09. The number of aryl methyl sites for hydroxylation is 1. The number of carbonyl (C=O) groups is 2. The Labute approximate surface area is 197 Å². The fraction of sp³-hybridized carbons (Fsp3) is 0.238. The molecule has 31 heavy (non-hydrogen) atoms.